The van der Waals surface area contributed by atoms with E-state index in [1.807, 2.05) is 4.90 Å². The van der Waals surface area contributed by atoms with Crippen molar-refractivity contribution in [2.45, 2.75) is 45.4 Å². The molecule has 1 fully saturated rings. The lowest BCUT2D eigenvalue weighted by Gasteiger charge is -2.19. The van der Waals surface area contributed by atoms with Gasteiger partial charge in [0.15, 0.2) is 0 Å². The third-order valence-corrected chi connectivity index (χ3v) is 2.63. The van der Waals surface area contributed by atoms with Crippen LogP contribution in [-0.4, -0.2) is 29.7 Å². The second-order valence-corrected chi connectivity index (χ2v) is 4.00. The molecule has 1 saturated heterocycles. The van der Waals surface area contributed by atoms with E-state index in [-0.39, 0.29) is 11.7 Å². The van der Waals surface area contributed by atoms with Crippen molar-refractivity contribution in [3.05, 3.63) is 0 Å². The predicted octanol–water partition coefficient (Wildman–Crippen LogP) is 1.76. The molecule has 0 unspecified atom stereocenters. The molecular weight excluding hydrogens is 178 g/mol. The highest BCUT2D eigenvalue weighted by atomic mass is 16.2. The van der Waals surface area contributed by atoms with Crippen molar-refractivity contribution >= 4 is 11.7 Å². The molecule has 0 atom stereocenters. The van der Waals surface area contributed by atoms with E-state index in [1.165, 1.54) is 0 Å². The molecule has 80 valence electrons. The Balaban J connectivity index is 2.26. The van der Waals surface area contributed by atoms with Crippen molar-refractivity contribution in [2.24, 2.45) is 0 Å². The smallest absolute Gasteiger partial charge is 0.222 e. The van der Waals surface area contributed by atoms with Crippen molar-refractivity contribution in [3.63, 3.8) is 0 Å². The van der Waals surface area contributed by atoms with Crippen LogP contribution in [0.3, 0.4) is 0 Å². The Bertz CT molecular complexity index is 213. The first-order valence-corrected chi connectivity index (χ1v) is 5.47. The van der Waals surface area contributed by atoms with Gasteiger partial charge in [-0.1, -0.05) is 6.42 Å². The number of hydrogen-bond acceptors (Lipinski definition) is 2. The zero-order valence-corrected chi connectivity index (χ0v) is 8.92. The van der Waals surface area contributed by atoms with Crippen LogP contribution in [0.1, 0.15) is 45.4 Å². The third kappa shape index (κ3) is 3.90. The van der Waals surface area contributed by atoms with Crippen LogP contribution in [0.15, 0.2) is 0 Å². The molecule has 0 N–H and O–H groups in total. The van der Waals surface area contributed by atoms with Gasteiger partial charge >= 0.3 is 0 Å². The highest BCUT2D eigenvalue weighted by Gasteiger charge is 2.15. The molecule has 1 rings (SSSR count). The number of likely N-dealkylation sites (tertiary alicyclic amines) is 1. The molecule has 3 heteroatoms. The van der Waals surface area contributed by atoms with E-state index < -0.39 is 0 Å². The van der Waals surface area contributed by atoms with Gasteiger partial charge in [-0.05, 0) is 26.2 Å². The van der Waals surface area contributed by atoms with E-state index in [0.29, 0.717) is 12.8 Å². The van der Waals surface area contributed by atoms with Gasteiger partial charge in [-0.2, -0.15) is 0 Å². The molecule has 1 heterocycles. The lowest BCUT2D eigenvalue weighted by atomic mass is 10.2. The fraction of sp³-hybridized carbons (Fsp3) is 0.818. The van der Waals surface area contributed by atoms with Crippen LogP contribution < -0.4 is 0 Å². The van der Waals surface area contributed by atoms with Crippen LogP contribution in [-0.2, 0) is 9.59 Å². The highest BCUT2D eigenvalue weighted by molar-refractivity contribution is 5.77. The van der Waals surface area contributed by atoms with Crippen LogP contribution >= 0.6 is 0 Å². The first kappa shape index (κ1) is 11.2. The number of Topliss-reactive ketones (excluding diaryl/α,β-unsaturated/α-hetero) is 1. The summed E-state index contributed by atoms with van der Waals surface area (Å²) in [5.74, 6) is 0.485. The fourth-order valence-corrected chi connectivity index (χ4v) is 1.79. The van der Waals surface area contributed by atoms with Crippen molar-refractivity contribution in [1.82, 2.24) is 4.90 Å². The molecule has 3 nitrogen and oxygen atoms in total. The van der Waals surface area contributed by atoms with Gasteiger partial charge in [-0.15, -0.1) is 0 Å². The number of rotatable bonds is 4. The normalized spacial score (nSPS) is 18.1. The fourth-order valence-electron chi connectivity index (χ4n) is 1.79. The van der Waals surface area contributed by atoms with Gasteiger partial charge in [0.1, 0.15) is 5.78 Å². The average molecular weight is 197 g/mol. The lowest BCUT2D eigenvalue weighted by Crippen LogP contribution is -2.31. The van der Waals surface area contributed by atoms with Gasteiger partial charge in [0.2, 0.25) is 5.91 Å². The number of hydrogen-bond donors (Lipinski definition) is 0. The van der Waals surface area contributed by atoms with Crippen molar-refractivity contribution in [3.8, 4) is 0 Å². The molecule has 0 radical (unpaired) electrons. The maximum absolute atomic E-state index is 11.5. The molecule has 14 heavy (non-hydrogen) atoms. The predicted molar refractivity (Wildman–Crippen MR) is 55.0 cm³/mol. The molecule has 1 amide bonds. The van der Waals surface area contributed by atoms with Crippen molar-refractivity contribution in [2.75, 3.05) is 13.1 Å². The summed E-state index contributed by atoms with van der Waals surface area (Å²) >= 11 is 0. The van der Waals surface area contributed by atoms with Crippen molar-refractivity contribution < 1.29 is 9.59 Å². The topological polar surface area (TPSA) is 37.4 Å². The van der Waals surface area contributed by atoms with E-state index in [9.17, 15) is 9.59 Å². The minimum absolute atomic E-state index is 0.215. The minimum Gasteiger partial charge on any atom is -0.343 e. The van der Waals surface area contributed by atoms with Crippen LogP contribution in [0.4, 0.5) is 0 Å². The summed E-state index contributed by atoms with van der Waals surface area (Å²) in [6, 6.07) is 0. The number of carbonyl (C=O) groups is 2. The Labute approximate surface area is 85.5 Å². The van der Waals surface area contributed by atoms with Gasteiger partial charge in [-0.25, -0.2) is 0 Å². The Morgan fingerprint density at radius 1 is 1.36 bits per heavy atom. The Morgan fingerprint density at radius 2 is 2.14 bits per heavy atom. The van der Waals surface area contributed by atoms with Crippen LogP contribution in [0.2, 0.25) is 0 Å². The monoisotopic (exact) mass is 197 g/mol. The Morgan fingerprint density at radius 3 is 2.86 bits per heavy atom. The number of ketones is 1. The largest absolute Gasteiger partial charge is 0.343 e. The standard InChI is InChI=1S/C11H19NO2/c1-10(13)6-5-9-12-8-4-2-3-7-11(12)14/h2-9H2,1H3. The molecule has 0 aromatic rings. The van der Waals surface area contributed by atoms with Crippen LogP contribution in [0.5, 0.6) is 0 Å². The maximum Gasteiger partial charge on any atom is 0.222 e. The third-order valence-electron chi connectivity index (χ3n) is 2.63. The highest BCUT2D eigenvalue weighted by Crippen LogP contribution is 2.11. The van der Waals surface area contributed by atoms with E-state index >= 15 is 0 Å². The van der Waals surface area contributed by atoms with E-state index in [4.69, 9.17) is 0 Å². The summed E-state index contributed by atoms with van der Waals surface area (Å²) < 4.78 is 0. The molecule has 1 aliphatic heterocycles. The quantitative estimate of drug-likeness (QED) is 0.688. The summed E-state index contributed by atoms with van der Waals surface area (Å²) in [5.41, 5.74) is 0. The first-order valence-electron chi connectivity index (χ1n) is 5.47. The summed E-state index contributed by atoms with van der Waals surface area (Å²) in [4.78, 5) is 24.2. The molecule has 0 aliphatic carbocycles. The summed E-state index contributed by atoms with van der Waals surface area (Å²) in [6.45, 7) is 3.25. The summed E-state index contributed by atoms with van der Waals surface area (Å²) in [6.07, 6.45) is 5.42. The Kier molecular flexibility index (Phi) is 4.63. The first-order chi connectivity index (χ1) is 6.70. The lowest BCUT2D eigenvalue weighted by molar-refractivity contribution is -0.131. The minimum atomic E-state index is 0.215. The Hall–Kier alpha value is -0.860. The SMILES string of the molecule is CC(=O)CCCN1CCCCCC1=O. The van der Waals surface area contributed by atoms with E-state index in [0.717, 1.165) is 38.8 Å². The van der Waals surface area contributed by atoms with Gasteiger partial charge in [0, 0.05) is 25.9 Å². The maximum atomic E-state index is 11.5. The van der Waals surface area contributed by atoms with Gasteiger partial charge in [-0.3, -0.25) is 4.79 Å². The zero-order chi connectivity index (χ0) is 10.4. The van der Waals surface area contributed by atoms with Gasteiger partial charge in [0.25, 0.3) is 0 Å². The summed E-state index contributed by atoms with van der Waals surface area (Å²) in [5, 5.41) is 0. The molecule has 0 bridgehead atoms. The molecule has 0 aromatic carbocycles. The molecule has 0 spiro atoms. The van der Waals surface area contributed by atoms with Crippen LogP contribution in [0, 0.1) is 0 Å². The second kappa shape index (κ2) is 5.78. The van der Waals surface area contributed by atoms with Gasteiger partial charge in [0.05, 0.1) is 0 Å². The van der Waals surface area contributed by atoms with E-state index in [2.05, 4.69) is 0 Å². The van der Waals surface area contributed by atoms with Crippen molar-refractivity contribution in [1.29, 1.82) is 0 Å². The molecule has 1 aliphatic rings. The molecule has 0 saturated carbocycles. The van der Waals surface area contributed by atoms with E-state index in [1.54, 1.807) is 6.92 Å². The second-order valence-electron chi connectivity index (χ2n) is 4.00. The van der Waals surface area contributed by atoms with Gasteiger partial charge < -0.3 is 9.69 Å². The summed E-state index contributed by atoms with van der Waals surface area (Å²) in [7, 11) is 0. The zero-order valence-electron chi connectivity index (χ0n) is 8.92. The number of amides is 1. The number of carbonyl (C=O) groups excluding carboxylic acids is 2. The molecular formula is C11H19NO2. The van der Waals surface area contributed by atoms with Crippen LogP contribution in [0.25, 0.3) is 0 Å². The number of nitrogens with zero attached hydrogens (tertiary/aromatic N) is 1. The molecule has 0 aromatic heterocycles. The average Bonchev–Trinajstić information content (AvgIpc) is 2.31.